The number of para-hydroxylation sites is 1. The molecule has 19 heavy (non-hydrogen) atoms. The molecule has 1 amide bonds. The van der Waals surface area contributed by atoms with Crippen molar-refractivity contribution in [1.82, 2.24) is 0 Å². The first kappa shape index (κ1) is 15.0. The van der Waals surface area contributed by atoms with Crippen LogP contribution in [0.25, 0.3) is 0 Å². The van der Waals surface area contributed by atoms with Crippen molar-refractivity contribution in [2.45, 2.75) is 27.2 Å². The van der Waals surface area contributed by atoms with Crippen molar-refractivity contribution in [2.75, 3.05) is 11.9 Å². The quantitative estimate of drug-likeness (QED) is 0.378. The molecule has 5 nitrogen and oxygen atoms in total. The second kappa shape index (κ2) is 5.73. The van der Waals surface area contributed by atoms with E-state index in [9.17, 15) is 4.79 Å². The van der Waals surface area contributed by atoms with Crippen molar-refractivity contribution in [3.63, 3.8) is 0 Å². The third kappa shape index (κ3) is 3.05. The van der Waals surface area contributed by atoms with Gasteiger partial charge in [-0.3, -0.25) is 4.79 Å². The number of hydrogen-bond acceptors (Lipinski definition) is 3. The van der Waals surface area contributed by atoms with Crippen LogP contribution in [-0.4, -0.2) is 24.0 Å². The summed E-state index contributed by atoms with van der Waals surface area (Å²) >= 11 is 0. The topological polar surface area (TPSA) is 78.9 Å². The van der Waals surface area contributed by atoms with Gasteiger partial charge in [0.2, 0.25) is 5.91 Å². The van der Waals surface area contributed by atoms with Gasteiger partial charge in [-0.2, -0.15) is 0 Å². The molecule has 0 radical (unpaired) electrons. The lowest BCUT2D eigenvalue weighted by molar-refractivity contribution is -0.126. The number of rotatable bonds is 4. The number of hydrogen-bond donors (Lipinski definition) is 2. The molecule has 0 spiro atoms. The number of amidine groups is 1. The smallest absolute Gasteiger partial charge is 0.232 e. The largest absolute Gasteiger partial charge is 0.409 e. The summed E-state index contributed by atoms with van der Waals surface area (Å²) < 4.78 is 0. The van der Waals surface area contributed by atoms with E-state index in [1.54, 1.807) is 30.1 Å². The van der Waals surface area contributed by atoms with Gasteiger partial charge in [-0.25, -0.2) is 0 Å². The highest BCUT2D eigenvalue weighted by Gasteiger charge is 2.30. The summed E-state index contributed by atoms with van der Waals surface area (Å²) in [4.78, 5) is 14.0. The average Bonchev–Trinajstić information content (AvgIpc) is 2.44. The maximum atomic E-state index is 12.4. The molecule has 0 aromatic heterocycles. The summed E-state index contributed by atoms with van der Waals surface area (Å²) in [5.41, 5.74) is 6.35. The molecule has 0 bridgehead atoms. The van der Waals surface area contributed by atoms with Crippen molar-refractivity contribution in [1.29, 1.82) is 0 Å². The highest BCUT2D eigenvalue weighted by Crippen LogP contribution is 2.27. The molecule has 3 N–H and O–H groups in total. The van der Waals surface area contributed by atoms with Crippen LogP contribution in [0.5, 0.6) is 0 Å². The van der Waals surface area contributed by atoms with Crippen LogP contribution in [0.4, 0.5) is 5.69 Å². The van der Waals surface area contributed by atoms with Crippen LogP contribution in [0.3, 0.4) is 0 Å². The fourth-order valence-electron chi connectivity index (χ4n) is 1.75. The van der Waals surface area contributed by atoms with Gasteiger partial charge in [-0.15, -0.1) is 0 Å². The molecule has 0 atom stereocenters. The maximum Gasteiger partial charge on any atom is 0.232 e. The van der Waals surface area contributed by atoms with Crippen LogP contribution >= 0.6 is 0 Å². The van der Waals surface area contributed by atoms with Crippen LogP contribution in [0.1, 0.15) is 32.8 Å². The zero-order valence-electron chi connectivity index (χ0n) is 11.8. The van der Waals surface area contributed by atoms with Gasteiger partial charge in [0.25, 0.3) is 0 Å². The van der Waals surface area contributed by atoms with Crippen molar-refractivity contribution in [2.24, 2.45) is 16.3 Å². The highest BCUT2D eigenvalue weighted by molar-refractivity contribution is 6.07. The summed E-state index contributed by atoms with van der Waals surface area (Å²) in [6.07, 6.45) is 0.738. The molecule has 0 fully saturated rings. The molecule has 0 saturated carbocycles. The van der Waals surface area contributed by atoms with E-state index in [0.717, 1.165) is 6.42 Å². The molecule has 1 rings (SSSR count). The van der Waals surface area contributed by atoms with Crippen LogP contribution in [-0.2, 0) is 4.79 Å². The second-order valence-electron chi connectivity index (χ2n) is 5.10. The van der Waals surface area contributed by atoms with Gasteiger partial charge in [0.1, 0.15) is 0 Å². The number of benzene rings is 1. The summed E-state index contributed by atoms with van der Waals surface area (Å²) in [7, 11) is 1.70. The normalized spacial score (nSPS) is 12.3. The number of nitrogens with two attached hydrogens (primary N) is 1. The van der Waals surface area contributed by atoms with Gasteiger partial charge in [0.15, 0.2) is 5.84 Å². The molecule has 1 aromatic carbocycles. The fraction of sp³-hybridized carbons (Fsp3) is 0.429. The molecule has 0 aliphatic heterocycles. The molecule has 1 aromatic rings. The van der Waals surface area contributed by atoms with E-state index < -0.39 is 5.41 Å². The number of amides is 1. The minimum atomic E-state index is -0.451. The van der Waals surface area contributed by atoms with E-state index in [2.05, 4.69) is 5.16 Å². The number of anilines is 1. The third-order valence-electron chi connectivity index (χ3n) is 3.42. The lowest BCUT2D eigenvalue weighted by Crippen LogP contribution is -2.39. The lowest BCUT2D eigenvalue weighted by Gasteiger charge is -2.29. The molecule has 0 aliphatic carbocycles. The Morgan fingerprint density at radius 3 is 2.53 bits per heavy atom. The fourth-order valence-corrected chi connectivity index (χ4v) is 1.75. The SMILES string of the molecule is CCC(C)(C)C(=O)N(C)c1ccccc1C(N)=NO. The highest BCUT2D eigenvalue weighted by atomic mass is 16.4. The molecule has 0 heterocycles. The Bertz CT molecular complexity index is 495. The molecule has 104 valence electrons. The molecule has 0 saturated heterocycles. The van der Waals surface area contributed by atoms with Crippen molar-refractivity contribution in [3.8, 4) is 0 Å². The first-order valence-corrected chi connectivity index (χ1v) is 6.20. The Hall–Kier alpha value is -2.04. The Balaban J connectivity index is 3.21. The number of nitrogens with zero attached hydrogens (tertiary/aromatic N) is 2. The summed E-state index contributed by atoms with van der Waals surface area (Å²) in [6.45, 7) is 5.77. The number of carbonyl (C=O) groups is 1. The van der Waals surface area contributed by atoms with Gasteiger partial charge < -0.3 is 15.8 Å². The lowest BCUT2D eigenvalue weighted by atomic mass is 9.88. The zero-order chi connectivity index (χ0) is 14.6. The Labute approximate surface area is 113 Å². The number of oxime groups is 1. The summed E-state index contributed by atoms with van der Waals surface area (Å²) in [5, 5.41) is 11.8. The molecule has 5 heteroatoms. The summed E-state index contributed by atoms with van der Waals surface area (Å²) in [5.74, 6) is -0.0160. The average molecular weight is 263 g/mol. The van der Waals surface area contributed by atoms with Crippen molar-refractivity contribution < 1.29 is 10.0 Å². The zero-order valence-corrected chi connectivity index (χ0v) is 11.8. The van der Waals surface area contributed by atoms with E-state index in [1.807, 2.05) is 26.8 Å². The molecular formula is C14H21N3O2. The standard InChI is InChI=1S/C14H21N3O2/c1-5-14(2,3)13(18)17(4)11-9-7-6-8-10(11)12(15)16-19/h6-9,19H,5H2,1-4H3,(H2,15,16). The molecular weight excluding hydrogens is 242 g/mol. The van der Waals surface area contributed by atoms with Crippen molar-refractivity contribution >= 4 is 17.4 Å². The van der Waals surface area contributed by atoms with Crippen LogP contribution in [0.15, 0.2) is 29.4 Å². The monoisotopic (exact) mass is 263 g/mol. The second-order valence-corrected chi connectivity index (χ2v) is 5.10. The number of carbonyl (C=O) groups excluding carboxylic acids is 1. The molecule has 0 aliphatic rings. The van der Waals surface area contributed by atoms with Gasteiger partial charge in [0, 0.05) is 18.0 Å². The third-order valence-corrected chi connectivity index (χ3v) is 3.42. The summed E-state index contributed by atoms with van der Waals surface area (Å²) in [6, 6.07) is 7.08. The maximum absolute atomic E-state index is 12.4. The Kier molecular flexibility index (Phi) is 4.53. The Morgan fingerprint density at radius 2 is 2.00 bits per heavy atom. The van der Waals surface area contributed by atoms with Gasteiger partial charge in [-0.05, 0) is 18.6 Å². The minimum absolute atomic E-state index is 0.00631. The first-order chi connectivity index (χ1) is 8.85. The Morgan fingerprint density at radius 1 is 1.42 bits per heavy atom. The molecule has 0 unspecified atom stereocenters. The van der Waals surface area contributed by atoms with Crippen LogP contribution < -0.4 is 10.6 Å². The van der Waals surface area contributed by atoms with Crippen LogP contribution in [0, 0.1) is 5.41 Å². The predicted octanol–water partition coefficient (Wildman–Crippen LogP) is 2.18. The van der Waals surface area contributed by atoms with E-state index in [4.69, 9.17) is 10.9 Å². The predicted molar refractivity (Wildman–Crippen MR) is 76.4 cm³/mol. The first-order valence-electron chi connectivity index (χ1n) is 6.20. The van der Waals surface area contributed by atoms with Crippen molar-refractivity contribution in [3.05, 3.63) is 29.8 Å². The van der Waals surface area contributed by atoms with Crippen LogP contribution in [0.2, 0.25) is 0 Å². The minimum Gasteiger partial charge on any atom is -0.409 e. The van der Waals surface area contributed by atoms with E-state index in [1.165, 1.54) is 0 Å². The van der Waals surface area contributed by atoms with Gasteiger partial charge in [-0.1, -0.05) is 38.1 Å². The van der Waals surface area contributed by atoms with E-state index in [-0.39, 0.29) is 11.7 Å². The van der Waals surface area contributed by atoms with E-state index >= 15 is 0 Å². The van der Waals surface area contributed by atoms with Gasteiger partial charge >= 0.3 is 0 Å². The van der Waals surface area contributed by atoms with E-state index in [0.29, 0.717) is 11.3 Å². The van der Waals surface area contributed by atoms with Gasteiger partial charge in [0.05, 0.1) is 5.69 Å².